The predicted molar refractivity (Wildman–Crippen MR) is 139 cm³/mol. The van der Waals surface area contributed by atoms with E-state index in [1.54, 1.807) is 50.6 Å². The van der Waals surface area contributed by atoms with E-state index >= 15 is 0 Å². The summed E-state index contributed by atoms with van der Waals surface area (Å²) in [7, 11) is 3.17. The van der Waals surface area contributed by atoms with E-state index in [2.05, 4.69) is 0 Å². The van der Waals surface area contributed by atoms with E-state index in [0.717, 1.165) is 16.0 Å². The zero-order valence-electron chi connectivity index (χ0n) is 20.7. The third-order valence-corrected chi connectivity index (χ3v) is 7.30. The van der Waals surface area contributed by atoms with E-state index in [0.29, 0.717) is 22.7 Å². The molecule has 1 unspecified atom stereocenters. The van der Waals surface area contributed by atoms with Gasteiger partial charge in [0.05, 0.1) is 19.8 Å². The van der Waals surface area contributed by atoms with Crippen LogP contribution in [0.4, 0.5) is 5.69 Å². The van der Waals surface area contributed by atoms with Gasteiger partial charge in [-0.25, -0.2) is 0 Å². The topological polar surface area (TPSA) is 76.1 Å². The fraction of sp³-hybridized carbons (Fsp3) is 0.286. The standard InChI is InChI=1S/C28H29NO5S/c1-16-13-14-35-26(16)23-22(24(30)17-7-12-21(34-6)20(15-17)28(2,3)4)25(31)27(32)29(23)18-8-10-19(33-5)11-9-18/h7-15,23,30H,1-6H3/b24-22-. The van der Waals surface area contributed by atoms with Crippen LogP contribution in [0.1, 0.15) is 48.4 Å². The van der Waals surface area contributed by atoms with Gasteiger partial charge in [-0.15, -0.1) is 11.3 Å². The number of hydrogen-bond donors (Lipinski definition) is 1. The zero-order chi connectivity index (χ0) is 25.5. The first-order valence-corrected chi connectivity index (χ1v) is 12.1. The van der Waals surface area contributed by atoms with Gasteiger partial charge in [-0.2, -0.15) is 0 Å². The Morgan fingerprint density at radius 3 is 2.23 bits per heavy atom. The smallest absolute Gasteiger partial charge is 0.300 e. The maximum Gasteiger partial charge on any atom is 0.300 e. The summed E-state index contributed by atoms with van der Waals surface area (Å²) in [6.45, 7) is 8.08. The number of amides is 1. The van der Waals surface area contributed by atoms with Gasteiger partial charge >= 0.3 is 0 Å². The van der Waals surface area contributed by atoms with Crippen molar-refractivity contribution in [3.63, 3.8) is 0 Å². The fourth-order valence-corrected chi connectivity index (χ4v) is 5.38. The summed E-state index contributed by atoms with van der Waals surface area (Å²) in [6.07, 6.45) is 0. The molecule has 0 aliphatic carbocycles. The summed E-state index contributed by atoms with van der Waals surface area (Å²) in [6, 6.07) is 13.5. The fourth-order valence-electron chi connectivity index (χ4n) is 4.35. The van der Waals surface area contributed by atoms with Crippen LogP contribution in [0, 0.1) is 6.92 Å². The summed E-state index contributed by atoms with van der Waals surface area (Å²) in [4.78, 5) is 29.0. The largest absolute Gasteiger partial charge is 0.507 e. The minimum Gasteiger partial charge on any atom is -0.507 e. The number of carbonyl (C=O) groups is 2. The van der Waals surface area contributed by atoms with Crippen molar-refractivity contribution >= 4 is 34.5 Å². The lowest BCUT2D eigenvalue weighted by Crippen LogP contribution is -2.29. The van der Waals surface area contributed by atoms with Crippen molar-refractivity contribution < 1.29 is 24.2 Å². The minimum atomic E-state index is -0.747. The van der Waals surface area contributed by atoms with E-state index in [-0.39, 0.29) is 16.7 Å². The van der Waals surface area contributed by atoms with E-state index in [9.17, 15) is 14.7 Å². The summed E-state index contributed by atoms with van der Waals surface area (Å²) in [5, 5.41) is 13.4. The summed E-state index contributed by atoms with van der Waals surface area (Å²) in [5.41, 5.74) is 2.65. The van der Waals surface area contributed by atoms with E-state index in [4.69, 9.17) is 9.47 Å². The normalized spacial score (nSPS) is 17.7. The molecule has 4 rings (SSSR count). The lowest BCUT2D eigenvalue weighted by Gasteiger charge is -2.25. The van der Waals surface area contributed by atoms with Gasteiger partial charge in [-0.3, -0.25) is 14.5 Å². The van der Waals surface area contributed by atoms with Crippen LogP contribution in [0.15, 0.2) is 59.5 Å². The first-order valence-electron chi connectivity index (χ1n) is 11.3. The number of aryl methyl sites for hydroxylation is 1. The summed E-state index contributed by atoms with van der Waals surface area (Å²) < 4.78 is 10.8. The number of anilines is 1. The highest BCUT2D eigenvalue weighted by Crippen LogP contribution is 2.45. The molecular weight excluding hydrogens is 462 g/mol. The van der Waals surface area contributed by atoms with Gasteiger partial charge in [0.15, 0.2) is 0 Å². The third kappa shape index (κ3) is 4.32. The highest BCUT2D eigenvalue weighted by molar-refractivity contribution is 7.10. The number of ketones is 1. The van der Waals surface area contributed by atoms with Gasteiger partial charge < -0.3 is 14.6 Å². The molecule has 1 saturated heterocycles. The molecule has 2 heterocycles. The number of rotatable bonds is 5. The van der Waals surface area contributed by atoms with Crippen LogP contribution in [0.2, 0.25) is 0 Å². The number of carbonyl (C=O) groups excluding carboxylic acids is 2. The van der Waals surface area contributed by atoms with Gasteiger partial charge in [-0.1, -0.05) is 20.8 Å². The maximum atomic E-state index is 13.4. The van der Waals surface area contributed by atoms with Crippen LogP contribution in [-0.4, -0.2) is 31.0 Å². The van der Waals surface area contributed by atoms with Crippen LogP contribution < -0.4 is 14.4 Å². The van der Waals surface area contributed by atoms with Crippen LogP contribution >= 0.6 is 11.3 Å². The number of aliphatic hydroxyl groups excluding tert-OH is 1. The van der Waals surface area contributed by atoms with Crippen LogP contribution in [-0.2, 0) is 15.0 Å². The van der Waals surface area contributed by atoms with E-state index < -0.39 is 17.7 Å². The van der Waals surface area contributed by atoms with E-state index in [1.165, 1.54) is 16.2 Å². The molecule has 0 saturated carbocycles. The first kappa shape index (κ1) is 24.5. The molecule has 7 heteroatoms. The molecule has 35 heavy (non-hydrogen) atoms. The Bertz CT molecular complexity index is 1310. The summed E-state index contributed by atoms with van der Waals surface area (Å²) in [5.74, 6) is -0.269. The average Bonchev–Trinajstić information content (AvgIpc) is 3.37. The van der Waals surface area contributed by atoms with Crippen molar-refractivity contribution in [1.82, 2.24) is 0 Å². The number of aliphatic hydroxyl groups is 1. The Hall–Kier alpha value is -3.58. The molecule has 6 nitrogen and oxygen atoms in total. The van der Waals surface area contributed by atoms with Gasteiger partial charge in [0.25, 0.3) is 11.7 Å². The van der Waals surface area contributed by atoms with Gasteiger partial charge in [0.1, 0.15) is 23.3 Å². The number of Topliss-reactive ketones (excluding diaryl/α,β-unsaturated/α-hetero) is 1. The summed E-state index contributed by atoms with van der Waals surface area (Å²) >= 11 is 1.45. The third-order valence-electron chi connectivity index (χ3n) is 6.23. The average molecular weight is 492 g/mol. The highest BCUT2D eigenvalue weighted by atomic mass is 32.1. The van der Waals surface area contributed by atoms with Crippen molar-refractivity contribution in [3.8, 4) is 11.5 Å². The Morgan fingerprint density at radius 1 is 1.00 bits per heavy atom. The number of benzene rings is 2. The molecule has 1 fully saturated rings. The molecular formula is C28H29NO5S. The Kier molecular flexibility index (Phi) is 6.47. The second-order valence-corrected chi connectivity index (χ2v) is 10.4. The molecule has 1 atom stereocenters. The molecule has 182 valence electrons. The number of ether oxygens (including phenoxy) is 2. The highest BCUT2D eigenvalue weighted by Gasteiger charge is 2.48. The Morgan fingerprint density at radius 2 is 1.69 bits per heavy atom. The lowest BCUT2D eigenvalue weighted by molar-refractivity contribution is -0.132. The van der Waals surface area contributed by atoms with Crippen molar-refractivity contribution in [2.45, 2.75) is 39.2 Å². The van der Waals surface area contributed by atoms with Gasteiger partial charge in [-0.05, 0) is 71.8 Å². The molecule has 1 aromatic heterocycles. The molecule has 1 aliphatic heterocycles. The van der Waals surface area contributed by atoms with Crippen molar-refractivity contribution in [2.75, 3.05) is 19.1 Å². The van der Waals surface area contributed by atoms with Gasteiger partial charge in [0, 0.05) is 21.7 Å². The van der Waals surface area contributed by atoms with Gasteiger partial charge in [0.2, 0.25) is 0 Å². The molecule has 1 aliphatic rings. The maximum absolute atomic E-state index is 13.4. The van der Waals surface area contributed by atoms with Crippen LogP contribution in [0.3, 0.4) is 0 Å². The number of hydrogen-bond acceptors (Lipinski definition) is 6. The Balaban J connectivity index is 1.93. The van der Waals surface area contributed by atoms with Crippen molar-refractivity contribution in [1.29, 1.82) is 0 Å². The minimum absolute atomic E-state index is 0.0707. The molecule has 3 aromatic rings. The predicted octanol–water partition coefficient (Wildman–Crippen LogP) is 6.00. The zero-order valence-corrected chi connectivity index (χ0v) is 21.5. The quantitative estimate of drug-likeness (QED) is 0.269. The van der Waals surface area contributed by atoms with Crippen LogP contribution in [0.5, 0.6) is 11.5 Å². The molecule has 0 spiro atoms. The first-order chi connectivity index (χ1) is 16.6. The second kappa shape index (κ2) is 9.23. The SMILES string of the molecule is COc1ccc(N2C(=O)C(=O)/C(=C(\O)c3ccc(OC)c(C(C)(C)C)c3)C2c2sccc2C)cc1. The van der Waals surface area contributed by atoms with Crippen molar-refractivity contribution in [3.05, 3.63) is 81.1 Å². The van der Waals surface area contributed by atoms with E-state index in [1.807, 2.05) is 45.2 Å². The molecule has 0 radical (unpaired) electrons. The number of methoxy groups -OCH3 is 2. The monoisotopic (exact) mass is 491 g/mol. The molecule has 1 amide bonds. The lowest BCUT2D eigenvalue weighted by atomic mass is 9.84. The molecule has 2 aromatic carbocycles. The van der Waals surface area contributed by atoms with Crippen LogP contribution in [0.25, 0.3) is 5.76 Å². The number of thiophene rings is 1. The molecule has 1 N–H and O–H groups in total. The Labute approximate surface area is 209 Å². The number of nitrogens with zero attached hydrogens (tertiary/aromatic N) is 1. The molecule has 0 bridgehead atoms. The second-order valence-electron chi connectivity index (χ2n) is 9.50. The van der Waals surface area contributed by atoms with Crippen molar-refractivity contribution in [2.24, 2.45) is 0 Å².